The summed E-state index contributed by atoms with van der Waals surface area (Å²) in [6.45, 7) is 5.77. The Bertz CT molecular complexity index is 1870. The molecule has 7 rings (SSSR count). The van der Waals surface area contributed by atoms with Crippen molar-refractivity contribution in [3.05, 3.63) is 87.2 Å². The van der Waals surface area contributed by atoms with E-state index < -0.39 is 17.7 Å². The van der Waals surface area contributed by atoms with E-state index >= 15 is 0 Å². The number of esters is 1. The molecule has 2 aromatic carbocycles. The van der Waals surface area contributed by atoms with Crippen LogP contribution < -0.4 is 20.5 Å². The van der Waals surface area contributed by atoms with Gasteiger partial charge in [0.1, 0.15) is 12.4 Å². The van der Waals surface area contributed by atoms with Crippen molar-refractivity contribution in [2.24, 2.45) is 0 Å². The lowest BCUT2D eigenvalue weighted by molar-refractivity contribution is -0.172. The third-order valence-electron chi connectivity index (χ3n) is 8.97. The van der Waals surface area contributed by atoms with E-state index in [4.69, 9.17) is 14.5 Å². The van der Waals surface area contributed by atoms with Gasteiger partial charge >= 0.3 is 12.1 Å². The number of hydrogen-bond donors (Lipinski definition) is 2. The maximum atomic E-state index is 13.6. The second kappa shape index (κ2) is 10.8. The van der Waals surface area contributed by atoms with Crippen molar-refractivity contribution >= 4 is 28.7 Å². The maximum Gasteiger partial charge on any atom is 0.419 e. The number of nitrogens with zero attached hydrogens (tertiary/aromatic N) is 4. The Hall–Kier alpha value is -4.58. The van der Waals surface area contributed by atoms with E-state index in [1.165, 1.54) is 4.90 Å². The van der Waals surface area contributed by atoms with Gasteiger partial charge in [-0.2, -0.15) is 0 Å². The average molecular weight is 596 g/mol. The number of fused-ring (bicyclic) bond motifs is 5. The van der Waals surface area contributed by atoms with Crippen LogP contribution in [-0.2, 0) is 34.8 Å². The van der Waals surface area contributed by atoms with Crippen molar-refractivity contribution in [1.29, 1.82) is 0 Å². The molecule has 226 valence electrons. The van der Waals surface area contributed by atoms with Gasteiger partial charge in [-0.25, -0.2) is 14.6 Å². The van der Waals surface area contributed by atoms with Gasteiger partial charge in [-0.3, -0.25) is 14.6 Å². The highest BCUT2D eigenvalue weighted by molar-refractivity contribution is 5.92. The summed E-state index contributed by atoms with van der Waals surface area (Å²) in [7, 11) is 1.68. The molecule has 2 N–H and O–H groups in total. The molecule has 5 heterocycles. The summed E-state index contributed by atoms with van der Waals surface area (Å²) in [6.07, 6.45) is -0.424. The number of para-hydroxylation sites is 1. The number of rotatable bonds is 5. The van der Waals surface area contributed by atoms with Crippen molar-refractivity contribution in [2.45, 2.75) is 38.6 Å². The lowest BCUT2D eigenvalue weighted by atomic mass is 9.86. The van der Waals surface area contributed by atoms with Crippen LogP contribution in [-0.4, -0.2) is 64.8 Å². The Kier molecular flexibility index (Phi) is 6.95. The number of carbonyl (C=O) groups excluding carboxylic acids is 2. The summed E-state index contributed by atoms with van der Waals surface area (Å²) in [5, 5.41) is 15.4. The van der Waals surface area contributed by atoms with Gasteiger partial charge < -0.3 is 24.5 Å². The molecule has 44 heavy (non-hydrogen) atoms. The van der Waals surface area contributed by atoms with Gasteiger partial charge in [-0.1, -0.05) is 25.1 Å². The normalized spacial score (nSPS) is 19.2. The minimum atomic E-state index is -1.88. The first kappa shape index (κ1) is 28.2. The first-order valence-corrected chi connectivity index (χ1v) is 14.8. The zero-order valence-electron chi connectivity index (χ0n) is 24.6. The van der Waals surface area contributed by atoms with Gasteiger partial charge in [0.25, 0.3) is 5.56 Å². The van der Waals surface area contributed by atoms with Crippen LogP contribution in [0.2, 0.25) is 0 Å². The Morgan fingerprint density at radius 2 is 1.91 bits per heavy atom. The fourth-order valence-corrected chi connectivity index (χ4v) is 6.36. The number of pyridine rings is 2. The number of cyclic esters (lactones) is 1. The van der Waals surface area contributed by atoms with Crippen LogP contribution in [0.3, 0.4) is 0 Å². The van der Waals surface area contributed by atoms with Crippen LogP contribution in [0.5, 0.6) is 5.75 Å². The molecule has 0 bridgehead atoms. The molecule has 1 saturated heterocycles. The SMILES string of the molecule is CC[C@@]1(O)C(=O)OCc2c1cc1n(c2=O)Cc2cc3c(CN4CCNCC4)c(OC(=O)N(C)c4ccccc4)ccc3nc2-1. The van der Waals surface area contributed by atoms with Crippen LogP contribution in [0.15, 0.2) is 59.4 Å². The van der Waals surface area contributed by atoms with Gasteiger partial charge in [-0.05, 0) is 42.8 Å². The molecule has 2 aromatic heterocycles. The first-order chi connectivity index (χ1) is 21.3. The van der Waals surface area contributed by atoms with Crippen LogP contribution in [0.1, 0.15) is 35.6 Å². The van der Waals surface area contributed by atoms with E-state index in [-0.39, 0.29) is 36.3 Å². The van der Waals surface area contributed by atoms with E-state index in [9.17, 15) is 19.5 Å². The summed E-state index contributed by atoms with van der Waals surface area (Å²) < 4.78 is 12.8. The van der Waals surface area contributed by atoms with Crippen LogP contribution in [0.4, 0.5) is 10.5 Å². The molecule has 11 heteroatoms. The summed E-state index contributed by atoms with van der Waals surface area (Å²) in [6, 6.07) is 16.6. The molecule has 1 atom stereocenters. The van der Waals surface area contributed by atoms with Gasteiger partial charge in [0.15, 0.2) is 5.60 Å². The largest absolute Gasteiger partial charge is 0.458 e. The Morgan fingerprint density at radius 3 is 2.66 bits per heavy atom. The molecule has 3 aliphatic heterocycles. The van der Waals surface area contributed by atoms with E-state index in [0.29, 0.717) is 29.2 Å². The Balaban J connectivity index is 1.32. The van der Waals surface area contributed by atoms with Crippen LogP contribution in [0, 0.1) is 0 Å². The number of nitrogens with one attached hydrogen (secondary N) is 1. The van der Waals surface area contributed by atoms with Gasteiger partial charge in [0.2, 0.25) is 0 Å². The van der Waals surface area contributed by atoms with Crippen molar-refractivity contribution in [3.63, 3.8) is 0 Å². The Morgan fingerprint density at radius 1 is 1.14 bits per heavy atom. The smallest absolute Gasteiger partial charge is 0.419 e. The second-order valence-corrected chi connectivity index (χ2v) is 11.5. The minimum absolute atomic E-state index is 0.0794. The molecule has 4 aromatic rings. The summed E-state index contributed by atoms with van der Waals surface area (Å²) in [4.78, 5) is 48.2. The average Bonchev–Trinajstić information content (AvgIpc) is 3.41. The number of hydrogen-bond acceptors (Lipinski definition) is 9. The molecule has 1 amide bonds. The van der Waals surface area contributed by atoms with Crippen molar-refractivity contribution in [1.82, 2.24) is 19.8 Å². The molecule has 0 aliphatic carbocycles. The lowest BCUT2D eigenvalue weighted by Crippen LogP contribution is -2.44. The quantitative estimate of drug-likeness (QED) is 0.295. The number of aromatic nitrogens is 2. The molecule has 11 nitrogen and oxygen atoms in total. The molecular formula is C33H33N5O6. The van der Waals surface area contributed by atoms with Crippen LogP contribution >= 0.6 is 0 Å². The summed E-state index contributed by atoms with van der Waals surface area (Å²) >= 11 is 0. The van der Waals surface area contributed by atoms with Gasteiger partial charge in [-0.15, -0.1) is 0 Å². The van der Waals surface area contributed by atoms with Gasteiger partial charge in [0.05, 0.1) is 29.0 Å². The third-order valence-corrected chi connectivity index (χ3v) is 8.97. The van der Waals surface area contributed by atoms with E-state index in [1.54, 1.807) is 30.7 Å². The Labute approximate surface area is 253 Å². The number of anilines is 1. The summed E-state index contributed by atoms with van der Waals surface area (Å²) in [5.74, 6) is -0.295. The predicted octanol–water partition coefficient (Wildman–Crippen LogP) is 3.12. The monoisotopic (exact) mass is 595 g/mol. The molecule has 0 spiro atoms. The molecular weight excluding hydrogens is 562 g/mol. The molecule has 0 unspecified atom stereocenters. The van der Waals surface area contributed by atoms with Crippen LogP contribution in [0.25, 0.3) is 22.3 Å². The highest BCUT2D eigenvalue weighted by Crippen LogP contribution is 2.40. The first-order valence-electron chi connectivity index (χ1n) is 14.8. The van der Waals surface area contributed by atoms with Crippen molar-refractivity contribution in [3.8, 4) is 17.1 Å². The highest BCUT2D eigenvalue weighted by Gasteiger charge is 2.45. The lowest BCUT2D eigenvalue weighted by Gasteiger charge is -2.31. The number of ether oxygens (including phenoxy) is 2. The second-order valence-electron chi connectivity index (χ2n) is 11.5. The van der Waals surface area contributed by atoms with Crippen molar-refractivity contribution < 1.29 is 24.2 Å². The standard InChI is InChI=1S/C33H33N5O6/c1-3-33(42)25-16-27-29-20(17-38(27)30(39)24(25)19-43-31(33)40)15-22-23(18-37-13-11-34-12-14-37)28(10-9-26(22)35-29)44-32(41)36(2)21-7-5-4-6-8-21/h4-10,15-16,34,42H,3,11-14,17-19H2,1-2H3/t33-/m0/s1. The molecule has 0 saturated carbocycles. The van der Waals surface area contributed by atoms with Gasteiger partial charge in [0, 0.05) is 67.5 Å². The fourth-order valence-electron chi connectivity index (χ4n) is 6.36. The molecule has 3 aliphatic rings. The number of aliphatic hydroxyl groups is 1. The highest BCUT2D eigenvalue weighted by atomic mass is 16.6. The van der Waals surface area contributed by atoms with Crippen molar-refractivity contribution in [2.75, 3.05) is 38.1 Å². The molecule has 1 fully saturated rings. The number of piperazine rings is 1. The topological polar surface area (TPSA) is 126 Å². The number of benzene rings is 2. The fraction of sp³-hybridized carbons (Fsp3) is 0.333. The summed E-state index contributed by atoms with van der Waals surface area (Å²) in [5.41, 5.74) is 2.63. The van der Waals surface area contributed by atoms with E-state index in [1.807, 2.05) is 42.5 Å². The number of carbonyl (C=O) groups is 2. The zero-order valence-corrected chi connectivity index (χ0v) is 24.6. The predicted molar refractivity (Wildman–Crippen MR) is 164 cm³/mol. The molecule has 0 radical (unpaired) electrons. The van der Waals surface area contributed by atoms with E-state index in [2.05, 4.69) is 10.2 Å². The zero-order chi connectivity index (χ0) is 30.6. The minimum Gasteiger partial charge on any atom is -0.458 e. The number of amides is 1. The maximum absolute atomic E-state index is 13.6. The third kappa shape index (κ3) is 4.55. The van der Waals surface area contributed by atoms with E-state index in [0.717, 1.165) is 48.4 Å².